The molecule has 1 unspecified atom stereocenters. The fraction of sp³-hybridized carbons (Fsp3) is 0.667. The first-order valence-corrected chi connectivity index (χ1v) is 5.35. The summed E-state index contributed by atoms with van der Waals surface area (Å²) in [5.41, 5.74) is -1.58. The van der Waals surface area contributed by atoms with Gasteiger partial charge in [-0.25, -0.2) is 9.78 Å². The standard InChI is InChI=1S/C12H18O4/c1-9(13)12(16-15-11(2,3)4)7-5-10(14)6-8-12/h5,7H,6,8H2,1-4H3. The third-order valence-electron chi connectivity index (χ3n) is 2.32. The van der Waals surface area contributed by atoms with Crippen molar-refractivity contribution in [3.8, 4) is 0 Å². The largest absolute Gasteiger partial charge is 0.296 e. The highest BCUT2D eigenvalue weighted by Gasteiger charge is 2.39. The molecule has 0 heterocycles. The Hall–Kier alpha value is -1.00. The summed E-state index contributed by atoms with van der Waals surface area (Å²) >= 11 is 0. The lowest BCUT2D eigenvalue weighted by atomic mass is 9.87. The van der Waals surface area contributed by atoms with Crippen LogP contribution in [-0.2, 0) is 19.4 Å². The van der Waals surface area contributed by atoms with Crippen molar-refractivity contribution in [1.82, 2.24) is 0 Å². The second-order valence-electron chi connectivity index (χ2n) is 5.02. The number of allylic oxidation sites excluding steroid dienone is 1. The van der Waals surface area contributed by atoms with E-state index in [0.717, 1.165) is 0 Å². The van der Waals surface area contributed by atoms with E-state index in [1.165, 1.54) is 19.1 Å². The Morgan fingerprint density at radius 3 is 2.44 bits per heavy atom. The van der Waals surface area contributed by atoms with Crippen molar-refractivity contribution in [3.63, 3.8) is 0 Å². The molecule has 0 aromatic heterocycles. The molecule has 0 radical (unpaired) electrons. The van der Waals surface area contributed by atoms with Gasteiger partial charge in [0.05, 0.1) is 5.60 Å². The van der Waals surface area contributed by atoms with Gasteiger partial charge in [0.25, 0.3) is 0 Å². The molecule has 0 N–H and O–H groups in total. The molecule has 0 saturated heterocycles. The molecule has 1 rings (SSSR count). The van der Waals surface area contributed by atoms with Gasteiger partial charge in [0.15, 0.2) is 17.2 Å². The van der Waals surface area contributed by atoms with Crippen LogP contribution < -0.4 is 0 Å². The van der Waals surface area contributed by atoms with Crippen LogP contribution in [0.15, 0.2) is 12.2 Å². The first kappa shape index (κ1) is 13.1. The molecular formula is C12H18O4. The summed E-state index contributed by atoms with van der Waals surface area (Å²) in [5.74, 6) is -0.142. The van der Waals surface area contributed by atoms with Crippen LogP contribution in [0.4, 0.5) is 0 Å². The van der Waals surface area contributed by atoms with E-state index < -0.39 is 11.2 Å². The highest BCUT2D eigenvalue weighted by Crippen LogP contribution is 2.28. The van der Waals surface area contributed by atoms with Crippen LogP contribution in [0.5, 0.6) is 0 Å². The number of ketones is 2. The highest BCUT2D eigenvalue weighted by atomic mass is 17.2. The SMILES string of the molecule is CC(=O)C1(OOC(C)(C)C)C=CC(=O)CC1. The van der Waals surface area contributed by atoms with Crippen molar-refractivity contribution in [2.24, 2.45) is 0 Å². The first-order valence-electron chi connectivity index (χ1n) is 5.35. The van der Waals surface area contributed by atoms with Gasteiger partial charge in [0.2, 0.25) is 0 Å². The fourth-order valence-corrected chi connectivity index (χ4v) is 1.32. The topological polar surface area (TPSA) is 52.6 Å². The molecule has 1 atom stereocenters. The second kappa shape index (κ2) is 4.47. The van der Waals surface area contributed by atoms with E-state index in [4.69, 9.17) is 9.78 Å². The molecular weight excluding hydrogens is 208 g/mol. The molecule has 0 aliphatic heterocycles. The molecule has 0 fully saturated rings. The van der Waals surface area contributed by atoms with Gasteiger partial charge in [0, 0.05) is 6.42 Å². The summed E-state index contributed by atoms with van der Waals surface area (Å²) in [6.45, 7) is 6.93. The van der Waals surface area contributed by atoms with E-state index in [9.17, 15) is 9.59 Å². The summed E-state index contributed by atoms with van der Waals surface area (Å²) in [6.07, 6.45) is 3.53. The van der Waals surface area contributed by atoms with Crippen LogP contribution in [0.3, 0.4) is 0 Å². The van der Waals surface area contributed by atoms with Crippen molar-refractivity contribution in [2.75, 3.05) is 0 Å². The Balaban J connectivity index is 2.79. The summed E-state index contributed by atoms with van der Waals surface area (Å²) in [7, 11) is 0. The van der Waals surface area contributed by atoms with Crippen LogP contribution in [0.2, 0.25) is 0 Å². The molecule has 0 saturated carbocycles. The zero-order valence-corrected chi connectivity index (χ0v) is 10.2. The number of hydrogen-bond acceptors (Lipinski definition) is 4. The number of Topliss-reactive ketones (excluding diaryl/α,β-unsaturated/α-hetero) is 1. The van der Waals surface area contributed by atoms with Crippen LogP contribution in [0, 0.1) is 0 Å². The quantitative estimate of drug-likeness (QED) is 0.545. The minimum Gasteiger partial charge on any atom is -0.296 e. The van der Waals surface area contributed by atoms with E-state index >= 15 is 0 Å². The average molecular weight is 226 g/mol. The predicted molar refractivity (Wildman–Crippen MR) is 58.7 cm³/mol. The Morgan fingerprint density at radius 2 is 2.06 bits per heavy atom. The van der Waals surface area contributed by atoms with Crippen molar-refractivity contribution in [1.29, 1.82) is 0 Å². The number of carbonyl (C=O) groups excluding carboxylic acids is 2. The fourth-order valence-electron chi connectivity index (χ4n) is 1.32. The second-order valence-corrected chi connectivity index (χ2v) is 5.02. The molecule has 0 aromatic rings. The first-order chi connectivity index (χ1) is 7.25. The molecule has 16 heavy (non-hydrogen) atoms. The lowest BCUT2D eigenvalue weighted by molar-refractivity contribution is -0.384. The Labute approximate surface area is 95.5 Å². The zero-order chi connectivity index (χ0) is 12.4. The summed E-state index contributed by atoms with van der Waals surface area (Å²) in [5, 5.41) is 0. The van der Waals surface area contributed by atoms with E-state index in [2.05, 4.69) is 0 Å². The van der Waals surface area contributed by atoms with Crippen molar-refractivity contribution in [3.05, 3.63) is 12.2 Å². The number of rotatable bonds is 3. The number of carbonyl (C=O) groups is 2. The molecule has 0 aromatic carbocycles. The van der Waals surface area contributed by atoms with Gasteiger partial charge >= 0.3 is 0 Å². The molecule has 4 heteroatoms. The van der Waals surface area contributed by atoms with Crippen molar-refractivity contribution in [2.45, 2.75) is 51.7 Å². The van der Waals surface area contributed by atoms with E-state index in [1.807, 2.05) is 20.8 Å². The normalized spacial score (nSPS) is 25.9. The van der Waals surface area contributed by atoms with Crippen molar-refractivity contribution < 1.29 is 19.4 Å². The third-order valence-corrected chi connectivity index (χ3v) is 2.32. The van der Waals surface area contributed by atoms with Crippen LogP contribution in [0.25, 0.3) is 0 Å². The predicted octanol–water partition coefficient (Wildman–Crippen LogP) is 1.98. The van der Waals surface area contributed by atoms with E-state index in [-0.39, 0.29) is 11.6 Å². The lowest BCUT2D eigenvalue weighted by Crippen LogP contribution is -2.42. The smallest absolute Gasteiger partial charge is 0.180 e. The lowest BCUT2D eigenvalue weighted by Gasteiger charge is -2.31. The third kappa shape index (κ3) is 3.25. The molecule has 0 amide bonds. The molecule has 1 aliphatic rings. The van der Waals surface area contributed by atoms with E-state index in [1.54, 1.807) is 0 Å². The van der Waals surface area contributed by atoms with Crippen molar-refractivity contribution >= 4 is 11.6 Å². The van der Waals surface area contributed by atoms with Gasteiger partial charge in [-0.2, -0.15) is 0 Å². The van der Waals surface area contributed by atoms with E-state index in [0.29, 0.717) is 12.8 Å². The summed E-state index contributed by atoms with van der Waals surface area (Å²) in [4.78, 5) is 33.1. The van der Waals surface area contributed by atoms with Gasteiger partial charge in [0.1, 0.15) is 0 Å². The highest BCUT2D eigenvalue weighted by molar-refractivity contribution is 5.96. The molecule has 1 aliphatic carbocycles. The van der Waals surface area contributed by atoms with Gasteiger partial charge in [-0.15, -0.1) is 0 Å². The summed E-state index contributed by atoms with van der Waals surface area (Å²) in [6, 6.07) is 0. The minimum atomic E-state index is -1.10. The maximum atomic E-state index is 11.6. The Kier molecular flexibility index (Phi) is 3.65. The molecule has 0 bridgehead atoms. The van der Waals surface area contributed by atoms with Gasteiger partial charge < -0.3 is 0 Å². The molecule has 0 spiro atoms. The Morgan fingerprint density at radius 1 is 1.44 bits per heavy atom. The van der Waals surface area contributed by atoms with Crippen LogP contribution in [-0.4, -0.2) is 22.8 Å². The minimum absolute atomic E-state index is 0.0104. The van der Waals surface area contributed by atoms with Gasteiger partial charge in [-0.1, -0.05) is 0 Å². The summed E-state index contributed by atoms with van der Waals surface area (Å²) < 4.78 is 0. The zero-order valence-electron chi connectivity index (χ0n) is 10.2. The average Bonchev–Trinajstić information content (AvgIpc) is 2.16. The monoisotopic (exact) mass is 226 g/mol. The van der Waals surface area contributed by atoms with Gasteiger partial charge in [-0.05, 0) is 46.3 Å². The molecule has 4 nitrogen and oxygen atoms in total. The maximum Gasteiger partial charge on any atom is 0.180 e. The van der Waals surface area contributed by atoms with Crippen LogP contribution in [0.1, 0.15) is 40.5 Å². The van der Waals surface area contributed by atoms with Gasteiger partial charge in [-0.3, -0.25) is 9.59 Å². The maximum absolute atomic E-state index is 11.6. The molecule has 90 valence electrons. The van der Waals surface area contributed by atoms with Crippen LogP contribution >= 0.6 is 0 Å². The Bertz CT molecular complexity index is 324. The number of hydrogen-bond donors (Lipinski definition) is 0.